The molecule has 1 N–H and O–H groups in total. The van der Waals surface area contributed by atoms with Gasteiger partial charge in [0.1, 0.15) is 17.2 Å². The summed E-state index contributed by atoms with van der Waals surface area (Å²) in [6.45, 7) is 8.65. The minimum Gasteiger partial charge on any atom is -0.483 e. The number of rotatable bonds is 9. The van der Waals surface area contributed by atoms with Gasteiger partial charge < -0.3 is 18.9 Å². The van der Waals surface area contributed by atoms with E-state index in [1.807, 2.05) is 19.1 Å². The highest BCUT2D eigenvalue weighted by Gasteiger charge is 2.45. The number of nitrogens with one attached hydrogen (secondary N) is 1. The fourth-order valence-corrected chi connectivity index (χ4v) is 6.43. The quantitative estimate of drug-likeness (QED) is 0.162. The van der Waals surface area contributed by atoms with Gasteiger partial charge in [-0.05, 0) is 48.9 Å². The van der Waals surface area contributed by atoms with Gasteiger partial charge in [0.05, 0.1) is 53.3 Å². The Hall–Kier alpha value is -4.72. The number of halogens is 3. The summed E-state index contributed by atoms with van der Waals surface area (Å²) in [5.74, 6) is -3.42. The van der Waals surface area contributed by atoms with Crippen molar-refractivity contribution in [3.8, 4) is 28.1 Å². The summed E-state index contributed by atoms with van der Waals surface area (Å²) in [5, 5.41) is 3.17. The van der Waals surface area contributed by atoms with Gasteiger partial charge in [0, 0.05) is 36.4 Å². The van der Waals surface area contributed by atoms with Crippen molar-refractivity contribution in [2.24, 2.45) is 5.41 Å². The van der Waals surface area contributed by atoms with Crippen LogP contribution in [-0.2, 0) is 4.74 Å². The van der Waals surface area contributed by atoms with Crippen LogP contribution in [0.2, 0.25) is 0 Å². The van der Waals surface area contributed by atoms with E-state index in [4.69, 9.17) is 18.9 Å². The molecular weight excluding hydrogens is 659 g/mol. The van der Waals surface area contributed by atoms with Crippen molar-refractivity contribution >= 4 is 44.4 Å². The van der Waals surface area contributed by atoms with E-state index < -0.39 is 42.9 Å². The number of anilines is 1. The molecule has 1 fully saturated rings. The van der Waals surface area contributed by atoms with Gasteiger partial charge in [-0.3, -0.25) is 5.32 Å². The summed E-state index contributed by atoms with van der Waals surface area (Å²) in [6.07, 6.45) is -0.900. The first-order valence-corrected chi connectivity index (χ1v) is 16.6. The number of alkyl halides is 2. The molecule has 0 unspecified atom stereocenters. The third-order valence-electron chi connectivity index (χ3n) is 7.98. The SMILES string of the molecule is COc1cnc2c(-c3nc4cc(F)c(O[C@H]5CC(F)(F)CC[C@H]5OC(=O)Nc5ccnc(OCCC(C)(C)C)c5)cc4s3)cc(C)cc2n1. The molecule has 0 bridgehead atoms. The number of hydrogen-bond acceptors (Lipinski definition) is 10. The number of pyridine rings is 1. The molecular formula is C35H36F3N5O5S. The van der Waals surface area contributed by atoms with Crippen LogP contribution < -0.4 is 19.5 Å². The fraction of sp³-hybridized carbons (Fsp3) is 0.400. The molecule has 0 aliphatic heterocycles. The first-order chi connectivity index (χ1) is 23.2. The number of nitrogens with zero attached hydrogens (tertiary/aromatic N) is 4. The molecule has 14 heteroatoms. The van der Waals surface area contributed by atoms with Crippen molar-refractivity contribution < 1.29 is 36.9 Å². The lowest BCUT2D eigenvalue weighted by molar-refractivity contribution is -0.114. The maximum Gasteiger partial charge on any atom is 0.412 e. The number of hydrogen-bond donors (Lipinski definition) is 1. The lowest BCUT2D eigenvalue weighted by Crippen LogP contribution is -2.45. The Balaban J connectivity index is 1.19. The molecule has 10 nitrogen and oxygen atoms in total. The van der Waals surface area contributed by atoms with Gasteiger partial charge in [0.15, 0.2) is 11.6 Å². The number of fused-ring (bicyclic) bond motifs is 2. The maximum absolute atomic E-state index is 15.4. The number of aromatic nitrogens is 4. The number of carbonyl (C=O) groups is 1. The van der Waals surface area contributed by atoms with Gasteiger partial charge >= 0.3 is 6.09 Å². The van der Waals surface area contributed by atoms with E-state index in [2.05, 4.69) is 46.0 Å². The standard InChI is InChI=1S/C35H36F3N5O5S/c1-19-12-21(31-24(13-19)42-30(45-5)18-40-31)32-43-23-15-22(36)26(16-28(23)49-32)47-27-17-35(37,38)8-6-25(27)48-33(44)41-20-7-10-39-29(14-20)46-11-9-34(2,3)4/h7,10,12-16,18,25,27H,6,8-9,11,17H2,1-5H3,(H,39,41,44)/t25-,27+/m1/s1. The largest absolute Gasteiger partial charge is 0.483 e. The third kappa shape index (κ3) is 8.30. The summed E-state index contributed by atoms with van der Waals surface area (Å²) in [5.41, 5.74) is 3.64. The Kier molecular flexibility index (Phi) is 9.52. The molecule has 2 atom stereocenters. The fourth-order valence-electron chi connectivity index (χ4n) is 5.44. The Labute approximate surface area is 285 Å². The first kappa shape index (κ1) is 34.2. The molecule has 49 heavy (non-hydrogen) atoms. The second-order valence-electron chi connectivity index (χ2n) is 13.2. The summed E-state index contributed by atoms with van der Waals surface area (Å²) in [4.78, 5) is 30.7. The van der Waals surface area contributed by atoms with Crippen LogP contribution in [0.15, 0.2) is 48.8 Å². The van der Waals surface area contributed by atoms with E-state index in [1.54, 1.807) is 12.1 Å². The van der Waals surface area contributed by atoms with Crippen molar-refractivity contribution in [3.63, 3.8) is 0 Å². The van der Waals surface area contributed by atoms with E-state index in [9.17, 15) is 13.6 Å². The third-order valence-corrected chi connectivity index (χ3v) is 9.03. The molecule has 3 aromatic heterocycles. The van der Waals surface area contributed by atoms with Crippen molar-refractivity contribution in [3.05, 3.63) is 60.2 Å². The highest BCUT2D eigenvalue weighted by Crippen LogP contribution is 2.40. The van der Waals surface area contributed by atoms with Gasteiger partial charge in [-0.2, -0.15) is 0 Å². The Morgan fingerprint density at radius 2 is 1.88 bits per heavy atom. The highest BCUT2D eigenvalue weighted by molar-refractivity contribution is 7.21. The van der Waals surface area contributed by atoms with Crippen LogP contribution >= 0.6 is 11.3 Å². The molecule has 1 aliphatic carbocycles. The predicted molar refractivity (Wildman–Crippen MR) is 180 cm³/mol. The normalized spacial score (nSPS) is 17.6. The predicted octanol–water partition coefficient (Wildman–Crippen LogP) is 8.76. The van der Waals surface area contributed by atoms with E-state index in [-0.39, 0.29) is 17.6 Å². The molecule has 6 rings (SSSR count). The molecule has 258 valence electrons. The second kappa shape index (κ2) is 13.7. The Morgan fingerprint density at radius 3 is 2.65 bits per heavy atom. The number of benzene rings is 2. The number of amides is 1. The summed E-state index contributed by atoms with van der Waals surface area (Å²) in [7, 11) is 1.51. The topological polar surface area (TPSA) is 118 Å². The highest BCUT2D eigenvalue weighted by atomic mass is 32.1. The Bertz CT molecular complexity index is 2000. The average molecular weight is 696 g/mol. The molecule has 1 amide bonds. The van der Waals surface area contributed by atoms with Gasteiger partial charge in [0.2, 0.25) is 11.8 Å². The van der Waals surface area contributed by atoms with Crippen molar-refractivity contribution in [1.82, 2.24) is 19.9 Å². The number of thiazole rings is 1. The summed E-state index contributed by atoms with van der Waals surface area (Å²) >= 11 is 1.27. The lowest BCUT2D eigenvalue weighted by atomic mass is 9.91. The Morgan fingerprint density at radius 1 is 1.06 bits per heavy atom. The number of aryl methyl sites for hydroxylation is 1. The molecule has 0 radical (unpaired) electrons. The van der Waals surface area contributed by atoms with E-state index in [1.165, 1.54) is 43.0 Å². The second-order valence-corrected chi connectivity index (χ2v) is 14.3. The summed E-state index contributed by atoms with van der Waals surface area (Å²) in [6, 6.07) is 9.52. The zero-order valence-electron chi connectivity index (χ0n) is 27.7. The molecule has 1 aliphatic rings. The van der Waals surface area contributed by atoms with Crippen molar-refractivity contribution in [2.45, 2.75) is 71.5 Å². The van der Waals surface area contributed by atoms with Gasteiger partial charge in [0.25, 0.3) is 5.92 Å². The minimum absolute atomic E-state index is 0.0785. The number of carbonyl (C=O) groups excluding carboxylic acids is 1. The minimum atomic E-state index is -3.08. The van der Waals surface area contributed by atoms with Crippen LogP contribution in [0.25, 0.3) is 31.8 Å². The number of ether oxygens (including phenoxy) is 4. The van der Waals surface area contributed by atoms with Crippen molar-refractivity contribution in [1.29, 1.82) is 0 Å². The zero-order valence-corrected chi connectivity index (χ0v) is 28.5. The zero-order chi connectivity index (χ0) is 34.9. The number of methoxy groups -OCH3 is 1. The molecule has 1 saturated carbocycles. The first-order valence-electron chi connectivity index (χ1n) is 15.8. The smallest absolute Gasteiger partial charge is 0.412 e. The van der Waals surface area contributed by atoms with E-state index in [0.29, 0.717) is 55.9 Å². The lowest BCUT2D eigenvalue weighted by Gasteiger charge is -2.35. The molecule has 3 heterocycles. The van der Waals surface area contributed by atoms with Crippen LogP contribution in [0.4, 0.5) is 23.7 Å². The average Bonchev–Trinajstić information content (AvgIpc) is 3.43. The van der Waals surface area contributed by atoms with Crippen LogP contribution in [0, 0.1) is 18.2 Å². The van der Waals surface area contributed by atoms with Gasteiger partial charge in [-0.1, -0.05) is 20.8 Å². The molecule has 0 spiro atoms. The monoisotopic (exact) mass is 695 g/mol. The van der Waals surface area contributed by atoms with Crippen molar-refractivity contribution in [2.75, 3.05) is 19.0 Å². The van der Waals surface area contributed by atoms with Gasteiger partial charge in [-0.25, -0.2) is 37.9 Å². The van der Waals surface area contributed by atoms with Crippen LogP contribution in [0.5, 0.6) is 17.5 Å². The molecule has 0 saturated heterocycles. The van der Waals surface area contributed by atoms with Crippen LogP contribution in [0.3, 0.4) is 0 Å². The molecule has 5 aromatic rings. The summed E-state index contributed by atoms with van der Waals surface area (Å²) < 4.78 is 67.6. The van der Waals surface area contributed by atoms with E-state index >= 15 is 4.39 Å². The van der Waals surface area contributed by atoms with E-state index in [0.717, 1.165) is 12.0 Å². The van der Waals surface area contributed by atoms with Crippen LogP contribution in [-0.4, -0.2) is 57.9 Å². The maximum atomic E-state index is 15.4. The van der Waals surface area contributed by atoms with Crippen LogP contribution in [0.1, 0.15) is 52.0 Å². The molecule has 2 aromatic carbocycles. The van der Waals surface area contributed by atoms with Gasteiger partial charge in [-0.15, -0.1) is 11.3 Å².